The Kier molecular flexibility index (Phi) is 6.95. The zero-order valence-electron chi connectivity index (χ0n) is 16.3. The van der Waals surface area contributed by atoms with E-state index in [1.165, 1.54) is 0 Å². The Labute approximate surface area is 189 Å². The van der Waals surface area contributed by atoms with Crippen molar-refractivity contribution in [2.24, 2.45) is 0 Å². The third kappa shape index (κ3) is 4.74. The Bertz CT molecular complexity index is 1000. The Balaban J connectivity index is 1.96. The van der Waals surface area contributed by atoms with E-state index in [9.17, 15) is 14.7 Å². The Morgan fingerprint density at radius 1 is 1.00 bits per heavy atom. The van der Waals surface area contributed by atoms with Crippen LogP contribution in [-0.2, 0) is 21.4 Å². The lowest BCUT2D eigenvalue weighted by Gasteiger charge is -2.31. The summed E-state index contributed by atoms with van der Waals surface area (Å²) in [7, 11) is 0. The quantitative estimate of drug-likeness (QED) is 0.481. The van der Waals surface area contributed by atoms with E-state index in [-0.39, 0.29) is 12.3 Å². The van der Waals surface area contributed by atoms with Gasteiger partial charge in [-0.25, -0.2) is 4.79 Å². The first kappa shape index (κ1) is 22.1. The standard InChI is InChI=1S/C24H21BrClNO3/c1-24(17-8-4-2-5-9-17,18-10-6-3-7-11-18)23(30)27-21(22(28)29)15-16-14-19(26)12-13-20(16)25/h2-14,21H,15H2,1H3,(H,27,30)(H,28,29)/t21-/m1/s1. The summed E-state index contributed by atoms with van der Waals surface area (Å²) in [6.07, 6.45) is 0.0991. The summed E-state index contributed by atoms with van der Waals surface area (Å²) in [5.74, 6) is -1.50. The van der Waals surface area contributed by atoms with E-state index >= 15 is 0 Å². The molecule has 2 N–H and O–H groups in total. The van der Waals surface area contributed by atoms with Crippen LogP contribution >= 0.6 is 27.5 Å². The lowest BCUT2D eigenvalue weighted by Crippen LogP contribution is -2.50. The number of halogens is 2. The van der Waals surface area contributed by atoms with E-state index in [0.29, 0.717) is 10.6 Å². The molecule has 6 heteroatoms. The number of aliphatic carboxylic acids is 1. The van der Waals surface area contributed by atoms with Gasteiger partial charge in [-0.05, 0) is 41.8 Å². The molecule has 0 aliphatic carbocycles. The number of carbonyl (C=O) groups is 2. The largest absolute Gasteiger partial charge is 0.480 e. The van der Waals surface area contributed by atoms with Gasteiger partial charge in [0.25, 0.3) is 0 Å². The maximum Gasteiger partial charge on any atom is 0.326 e. The number of rotatable bonds is 7. The van der Waals surface area contributed by atoms with Gasteiger partial charge in [-0.1, -0.05) is 88.2 Å². The van der Waals surface area contributed by atoms with Gasteiger partial charge in [-0.15, -0.1) is 0 Å². The first-order chi connectivity index (χ1) is 14.3. The molecule has 1 amide bonds. The molecule has 0 fully saturated rings. The van der Waals surface area contributed by atoms with Crippen molar-refractivity contribution in [1.82, 2.24) is 5.32 Å². The number of hydrogen-bond acceptors (Lipinski definition) is 2. The van der Waals surface area contributed by atoms with Crippen LogP contribution in [0.1, 0.15) is 23.6 Å². The highest BCUT2D eigenvalue weighted by Gasteiger charge is 2.39. The number of nitrogens with one attached hydrogen (secondary N) is 1. The molecule has 0 aromatic heterocycles. The lowest BCUT2D eigenvalue weighted by molar-refractivity contribution is -0.142. The molecule has 0 heterocycles. The molecular weight excluding hydrogens is 466 g/mol. The first-order valence-electron chi connectivity index (χ1n) is 9.41. The van der Waals surface area contributed by atoms with Crippen LogP contribution in [-0.4, -0.2) is 23.0 Å². The van der Waals surface area contributed by atoms with E-state index in [4.69, 9.17) is 11.6 Å². The molecule has 3 aromatic rings. The average Bonchev–Trinajstić information content (AvgIpc) is 2.76. The van der Waals surface area contributed by atoms with E-state index in [1.807, 2.05) is 60.7 Å². The summed E-state index contributed by atoms with van der Waals surface area (Å²) in [6, 6.07) is 22.7. The van der Waals surface area contributed by atoms with Gasteiger partial charge in [-0.3, -0.25) is 4.79 Å². The highest BCUT2D eigenvalue weighted by Crippen LogP contribution is 2.32. The summed E-state index contributed by atoms with van der Waals surface area (Å²) in [5, 5.41) is 13.0. The van der Waals surface area contributed by atoms with Crippen molar-refractivity contribution >= 4 is 39.4 Å². The van der Waals surface area contributed by atoms with Crippen molar-refractivity contribution in [3.8, 4) is 0 Å². The minimum atomic E-state index is -1.11. The number of amides is 1. The number of carboxylic acids is 1. The van der Waals surface area contributed by atoms with Crippen molar-refractivity contribution in [2.45, 2.75) is 24.8 Å². The van der Waals surface area contributed by atoms with E-state index in [1.54, 1.807) is 25.1 Å². The third-order valence-electron chi connectivity index (χ3n) is 5.19. The molecule has 0 saturated carbocycles. The fraction of sp³-hybridized carbons (Fsp3) is 0.167. The summed E-state index contributed by atoms with van der Waals surface area (Å²) >= 11 is 9.49. The lowest BCUT2D eigenvalue weighted by atomic mass is 9.75. The molecule has 0 bridgehead atoms. The van der Waals surface area contributed by atoms with Crippen LogP contribution < -0.4 is 5.32 Å². The SMILES string of the molecule is CC(C(=O)N[C@H](Cc1cc(Cl)ccc1Br)C(=O)O)(c1ccccc1)c1ccccc1. The molecule has 30 heavy (non-hydrogen) atoms. The molecule has 0 radical (unpaired) electrons. The molecule has 1 atom stereocenters. The monoisotopic (exact) mass is 485 g/mol. The van der Waals surface area contributed by atoms with Gasteiger partial charge in [0.15, 0.2) is 0 Å². The van der Waals surface area contributed by atoms with Crippen LogP contribution in [0, 0.1) is 0 Å². The molecule has 0 aliphatic heterocycles. The van der Waals surface area contributed by atoms with Gasteiger partial charge in [0.05, 0.1) is 5.41 Å². The molecule has 0 unspecified atom stereocenters. The van der Waals surface area contributed by atoms with E-state index in [0.717, 1.165) is 15.6 Å². The number of hydrogen-bond donors (Lipinski definition) is 2. The minimum Gasteiger partial charge on any atom is -0.480 e. The van der Waals surface area contributed by atoms with Gasteiger partial charge in [0.2, 0.25) is 5.91 Å². The molecule has 0 saturated heterocycles. The molecule has 3 rings (SSSR count). The predicted molar refractivity (Wildman–Crippen MR) is 122 cm³/mol. The summed E-state index contributed by atoms with van der Waals surface area (Å²) in [6.45, 7) is 1.81. The normalized spacial score (nSPS) is 12.2. The van der Waals surface area contributed by atoms with Gasteiger partial charge in [0.1, 0.15) is 6.04 Å². The second kappa shape index (κ2) is 9.45. The van der Waals surface area contributed by atoms with Crippen LogP contribution in [0.25, 0.3) is 0 Å². The van der Waals surface area contributed by atoms with E-state index < -0.39 is 17.4 Å². The van der Waals surface area contributed by atoms with Gasteiger partial charge < -0.3 is 10.4 Å². The topological polar surface area (TPSA) is 66.4 Å². The van der Waals surface area contributed by atoms with Crippen LogP contribution in [0.15, 0.2) is 83.3 Å². The van der Waals surface area contributed by atoms with Gasteiger partial charge in [0, 0.05) is 15.9 Å². The van der Waals surface area contributed by atoms with Crippen molar-refractivity contribution in [1.29, 1.82) is 0 Å². The third-order valence-corrected chi connectivity index (χ3v) is 6.20. The van der Waals surface area contributed by atoms with Crippen LogP contribution in [0.3, 0.4) is 0 Å². The highest BCUT2D eigenvalue weighted by molar-refractivity contribution is 9.10. The molecule has 3 aromatic carbocycles. The molecule has 4 nitrogen and oxygen atoms in total. The molecule has 154 valence electrons. The maximum atomic E-state index is 13.5. The Morgan fingerprint density at radius 3 is 2.03 bits per heavy atom. The number of benzene rings is 3. The van der Waals surface area contributed by atoms with Gasteiger partial charge >= 0.3 is 5.97 Å². The summed E-state index contributed by atoms with van der Waals surface area (Å²) in [4.78, 5) is 25.5. The summed E-state index contributed by atoms with van der Waals surface area (Å²) in [5.41, 5.74) is 1.21. The Hall–Kier alpha value is -2.63. The van der Waals surface area contributed by atoms with Crippen molar-refractivity contribution in [3.63, 3.8) is 0 Å². The zero-order valence-corrected chi connectivity index (χ0v) is 18.7. The fourth-order valence-electron chi connectivity index (χ4n) is 3.39. The van der Waals surface area contributed by atoms with E-state index in [2.05, 4.69) is 21.2 Å². The Morgan fingerprint density at radius 2 is 1.53 bits per heavy atom. The molecular formula is C24H21BrClNO3. The molecule has 0 aliphatic rings. The second-order valence-corrected chi connectivity index (χ2v) is 8.45. The predicted octanol–water partition coefficient (Wildman–Crippen LogP) is 5.22. The molecule has 0 spiro atoms. The smallest absolute Gasteiger partial charge is 0.326 e. The fourth-order valence-corrected chi connectivity index (χ4v) is 4.00. The van der Waals surface area contributed by atoms with Crippen LogP contribution in [0.5, 0.6) is 0 Å². The highest BCUT2D eigenvalue weighted by atomic mass is 79.9. The first-order valence-corrected chi connectivity index (χ1v) is 10.6. The number of carboxylic acid groups (broad SMARTS) is 1. The van der Waals surface area contributed by atoms with Crippen molar-refractivity contribution in [3.05, 3.63) is 105 Å². The van der Waals surface area contributed by atoms with Crippen molar-refractivity contribution < 1.29 is 14.7 Å². The average molecular weight is 487 g/mol. The maximum absolute atomic E-state index is 13.5. The van der Waals surface area contributed by atoms with Crippen LogP contribution in [0.4, 0.5) is 0 Å². The zero-order chi connectivity index (χ0) is 21.7. The number of carbonyl (C=O) groups excluding carboxylic acids is 1. The van der Waals surface area contributed by atoms with Gasteiger partial charge in [-0.2, -0.15) is 0 Å². The summed E-state index contributed by atoms with van der Waals surface area (Å²) < 4.78 is 0.737. The second-order valence-electron chi connectivity index (χ2n) is 7.16. The van der Waals surface area contributed by atoms with Crippen molar-refractivity contribution in [2.75, 3.05) is 0 Å². The van der Waals surface area contributed by atoms with Crippen LogP contribution in [0.2, 0.25) is 5.02 Å². The minimum absolute atomic E-state index is 0.0991.